The zero-order valence-corrected chi connectivity index (χ0v) is 18.8. The summed E-state index contributed by atoms with van der Waals surface area (Å²) in [6.45, 7) is 3.47. The number of esters is 1. The summed E-state index contributed by atoms with van der Waals surface area (Å²) in [5.41, 5.74) is 0.662. The van der Waals surface area contributed by atoms with Gasteiger partial charge < -0.3 is 14.2 Å². The number of rotatable bonds is 5. The molecule has 2 aromatic rings. The molecule has 1 fully saturated rings. The standard InChI is InChI=1S/C23H23NO7S/c1-15-4-7-17(8-5-15)32(27,28)24-13-23(2,12-21(25)29-3)18(22(24)26)10-16-6-9-19-20(11-16)31-14-30-19/h4-11H,12-14H2,1-3H3/b18-10+. The molecule has 0 aromatic heterocycles. The number of aryl methyl sites for hydroxylation is 1. The molecule has 1 amide bonds. The molecule has 2 aliphatic rings. The van der Waals surface area contributed by atoms with Crippen molar-refractivity contribution < 1.29 is 32.2 Å². The second-order valence-corrected chi connectivity index (χ2v) is 9.98. The van der Waals surface area contributed by atoms with Gasteiger partial charge in [0.1, 0.15) is 0 Å². The molecule has 2 aromatic carbocycles. The summed E-state index contributed by atoms with van der Waals surface area (Å²) >= 11 is 0. The van der Waals surface area contributed by atoms with E-state index in [1.807, 2.05) is 6.92 Å². The van der Waals surface area contributed by atoms with E-state index in [1.54, 1.807) is 43.3 Å². The second kappa shape index (κ2) is 7.98. The number of hydrogen-bond acceptors (Lipinski definition) is 7. The lowest BCUT2D eigenvalue weighted by molar-refractivity contribution is -0.142. The topological polar surface area (TPSA) is 99.2 Å². The zero-order chi connectivity index (χ0) is 23.1. The highest BCUT2D eigenvalue weighted by Crippen LogP contribution is 2.43. The predicted octanol–water partition coefficient (Wildman–Crippen LogP) is 2.91. The Bertz CT molecular complexity index is 1220. The summed E-state index contributed by atoms with van der Waals surface area (Å²) in [7, 11) is -2.85. The maximum atomic E-state index is 13.4. The van der Waals surface area contributed by atoms with Gasteiger partial charge in [0.2, 0.25) is 6.79 Å². The number of carbonyl (C=O) groups excluding carboxylic acids is 2. The van der Waals surface area contributed by atoms with Crippen molar-refractivity contribution in [2.75, 3.05) is 20.4 Å². The van der Waals surface area contributed by atoms with Gasteiger partial charge in [-0.3, -0.25) is 9.59 Å². The molecule has 1 atom stereocenters. The Morgan fingerprint density at radius 3 is 2.53 bits per heavy atom. The van der Waals surface area contributed by atoms with Crippen LogP contribution in [-0.4, -0.2) is 45.0 Å². The van der Waals surface area contributed by atoms with Crippen molar-refractivity contribution in [2.45, 2.75) is 25.2 Å². The highest BCUT2D eigenvalue weighted by molar-refractivity contribution is 7.89. The van der Waals surface area contributed by atoms with Crippen LogP contribution in [0.1, 0.15) is 24.5 Å². The molecule has 1 saturated heterocycles. The Kier molecular flexibility index (Phi) is 5.46. The molecule has 2 heterocycles. The number of sulfonamides is 1. The SMILES string of the molecule is COC(=O)CC1(C)CN(S(=O)(=O)c2ccc(C)cc2)C(=O)/C1=C\c1ccc2c(c1)OCO2. The van der Waals surface area contributed by atoms with E-state index in [0.717, 1.165) is 9.87 Å². The van der Waals surface area contributed by atoms with E-state index in [0.29, 0.717) is 17.1 Å². The first-order valence-corrected chi connectivity index (χ1v) is 11.4. The lowest BCUT2D eigenvalue weighted by Crippen LogP contribution is -2.34. The van der Waals surface area contributed by atoms with Crippen molar-refractivity contribution in [3.05, 3.63) is 59.2 Å². The summed E-state index contributed by atoms with van der Waals surface area (Å²) in [4.78, 5) is 25.5. The zero-order valence-electron chi connectivity index (χ0n) is 18.0. The Morgan fingerprint density at radius 1 is 1.16 bits per heavy atom. The fraction of sp³-hybridized carbons (Fsp3) is 0.304. The van der Waals surface area contributed by atoms with Crippen LogP contribution in [-0.2, 0) is 24.3 Å². The Labute approximate surface area is 186 Å². The van der Waals surface area contributed by atoms with Crippen LogP contribution >= 0.6 is 0 Å². The first kappa shape index (κ1) is 21.9. The van der Waals surface area contributed by atoms with Gasteiger partial charge in [0.05, 0.1) is 18.4 Å². The second-order valence-electron chi connectivity index (χ2n) is 8.11. The minimum Gasteiger partial charge on any atom is -0.469 e. The van der Waals surface area contributed by atoms with Crippen LogP contribution < -0.4 is 9.47 Å². The molecule has 1 unspecified atom stereocenters. The third-order valence-corrected chi connectivity index (χ3v) is 7.42. The third-order valence-electron chi connectivity index (χ3n) is 5.68. The van der Waals surface area contributed by atoms with E-state index in [4.69, 9.17) is 14.2 Å². The van der Waals surface area contributed by atoms with Gasteiger partial charge in [-0.2, -0.15) is 0 Å². The Balaban J connectivity index is 1.77. The maximum absolute atomic E-state index is 13.4. The average Bonchev–Trinajstić information content (AvgIpc) is 3.32. The lowest BCUT2D eigenvalue weighted by Gasteiger charge is -2.23. The summed E-state index contributed by atoms with van der Waals surface area (Å²) < 4.78 is 42.9. The van der Waals surface area contributed by atoms with Crippen LogP contribution in [0.3, 0.4) is 0 Å². The van der Waals surface area contributed by atoms with Crippen molar-refractivity contribution in [1.29, 1.82) is 0 Å². The number of fused-ring (bicyclic) bond motifs is 1. The van der Waals surface area contributed by atoms with Crippen molar-refractivity contribution in [2.24, 2.45) is 5.41 Å². The molecule has 0 aliphatic carbocycles. The number of benzene rings is 2. The van der Waals surface area contributed by atoms with Gasteiger partial charge in [0, 0.05) is 17.5 Å². The highest BCUT2D eigenvalue weighted by atomic mass is 32.2. The van der Waals surface area contributed by atoms with E-state index < -0.39 is 27.3 Å². The number of amides is 1. The van der Waals surface area contributed by atoms with Crippen LogP contribution in [0.25, 0.3) is 6.08 Å². The number of nitrogens with zero attached hydrogens (tertiary/aromatic N) is 1. The van der Waals surface area contributed by atoms with Crippen molar-refractivity contribution in [3.63, 3.8) is 0 Å². The fourth-order valence-electron chi connectivity index (χ4n) is 3.85. The van der Waals surface area contributed by atoms with Gasteiger partial charge >= 0.3 is 5.97 Å². The van der Waals surface area contributed by atoms with Gasteiger partial charge in [-0.15, -0.1) is 0 Å². The summed E-state index contributed by atoms with van der Waals surface area (Å²) in [5.74, 6) is -0.0875. The molecule has 4 rings (SSSR count). The average molecular weight is 458 g/mol. The number of carbonyl (C=O) groups is 2. The van der Waals surface area contributed by atoms with Crippen LogP contribution in [0.15, 0.2) is 52.9 Å². The Hall–Kier alpha value is -3.33. The monoisotopic (exact) mass is 457 g/mol. The molecule has 8 nitrogen and oxygen atoms in total. The molecule has 9 heteroatoms. The molecular weight excluding hydrogens is 434 g/mol. The van der Waals surface area contributed by atoms with E-state index >= 15 is 0 Å². The largest absolute Gasteiger partial charge is 0.469 e. The molecule has 0 spiro atoms. The molecule has 0 radical (unpaired) electrons. The van der Waals surface area contributed by atoms with Gasteiger partial charge in [-0.25, -0.2) is 12.7 Å². The van der Waals surface area contributed by atoms with Crippen molar-refractivity contribution >= 4 is 28.0 Å². The van der Waals surface area contributed by atoms with Crippen LogP contribution in [0.5, 0.6) is 11.5 Å². The van der Waals surface area contributed by atoms with Gasteiger partial charge in [0.25, 0.3) is 15.9 Å². The minimum atomic E-state index is -4.11. The number of ether oxygens (including phenoxy) is 3. The molecule has 0 bridgehead atoms. The summed E-state index contributed by atoms with van der Waals surface area (Å²) in [6, 6.07) is 11.4. The smallest absolute Gasteiger partial charge is 0.306 e. The molecule has 2 aliphatic heterocycles. The number of hydrogen-bond donors (Lipinski definition) is 0. The van der Waals surface area contributed by atoms with Gasteiger partial charge in [-0.1, -0.05) is 30.7 Å². The molecule has 0 N–H and O–H groups in total. The summed E-state index contributed by atoms with van der Waals surface area (Å²) in [6.07, 6.45) is 1.45. The van der Waals surface area contributed by atoms with Crippen molar-refractivity contribution in [1.82, 2.24) is 4.31 Å². The van der Waals surface area contributed by atoms with E-state index in [-0.39, 0.29) is 30.2 Å². The fourth-order valence-corrected chi connectivity index (χ4v) is 5.35. The van der Waals surface area contributed by atoms with Crippen LogP contribution in [0, 0.1) is 12.3 Å². The van der Waals surface area contributed by atoms with E-state index in [1.165, 1.54) is 19.2 Å². The summed E-state index contributed by atoms with van der Waals surface area (Å²) in [5, 5.41) is 0. The highest BCUT2D eigenvalue weighted by Gasteiger charge is 2.50. The molecule has 0 saturated carbocycles. The minimum absolute atomic E-state index is 0.0150. The first-order chi connectivity index (χ1) is 15.1. The molecular formula is C23H23NO7S. The third kappa shape index (κ3) is 3.84. The van der Waals surface area contributed by atoms with E-state index in [9.17, 15) is 18.0 Å². The van der Waals surface area contributed by atoms with Crippen LogP contribution in [0.4, 0.5) is 0 Å². The predicted molar refractivity (Wildman–Crippen MR) is 115 cm³/mol. The molecule has 168 valence electrons. The Morgan fingerprint density at radius 2 is 1.84 bits per heavy atom. The van der Waals surface area contributed by atoms with Crippen molar-refractivity contribution in [3.8, 4) is 11.5 Å². The molecule has 32 heavy (non-hydrogen) atoms. The van der Waals surface area contributed by atoms with Gasteiger partial charge in [-0.05, 0) is 42.8 Å². The quantitative estimate of drug-likeness (QED) is 0.503. The van der Waals surface area contributed by atoms with Gasteiger partial charge in [0.15, 0.2) is 11.5 Å². The van der Waals surface area contributed by atoms with Crippen LogP contribution in [0.2, 0.25) is 0 Å². The normalized spacial score (nSPS) is 21.3. The van der Waals surface area contributed by atoms with E-state index in [2.05, 4.69) is 0 Å². The maximum Gasteiger partial charge on any atom is 0.306 e. The number of methoxy groups -OCH3 is 1. The lowest BCUT2D eigenvalue weighted by atomic mass is 9.80. The first-order valence-electron chi connectivity index (χ1n) is 9.96.